The van der Waals surface area contributed by atoms with Gasteiger partial charge < -0.3 is 68.6 Å². The minimum absolute atomic E-state index is 0.0230. The van der Waals surface area contributed by atoms with E-state index < -0.39 is 146 Å². The summed E-state index contributed by atoms with van der Waals surface area (Å²) in [5.74, 6) is -11.0. The van der Waals surface area contributed by atoms with E-state index in [0.29, 0.717) is 16.7 Å². The fourth-order valence-electron chi connectivity index (χ4n) is 10.3. The van der Waals surface area contributed by atoms with Crippen LogP contribution in [0.5, 0.6) is 0 Å². The van der Waals surface area contributed by atoms with Gasteiger partial charge >= 0.3 is 59.7 Å². The first-order valence-corrected chi connectivity index (χ1v) is 36.9. The number of amides is 4. The molecule has 6 aromatic carbocycles. The molecule has 4 N–H and O–H groups in total. The molecule has 0 saturated carbocycles. The number of carbonyl (C=O) groups excluding carboxylic acids is 14. The van der Waals surface area contributed by atoms with E-state index in [2.05, 4.69) is 21.3 Å². The topological polar surface area (TPSA) is 379 Å². The van der Waals surface area contributed by atoms with E-state index in [9.17, 15) is 67.1 Å². The molecule has 0 saturated heterocycles. The minimum Gasteiger partial charge on any atom is -0.461 e. The van der Waals surface area contributed by atoms with Crippen LogP contribution >= 0.6 is 0 Å². The van der Waals surface area contributed by atoms with Gasteiger partial charge in [-0.1, -0.05) is 182 Å². The summed E-state index contributed by atoms with van der Waals surface area (Å²) in [4.78, 5) is 185. The van der Waals surface area contributed by atoms with Crippen LogP contribution in [0.3, 0.4) is 0 Å². The molecule has 6 rings (SSSR count). The van der Waals surface area contributed by atoms with E-state index in [0.717, 1.165) is 16.7 Å². The van der Waals surface area contributed by atoms with Crippen molar-refractivity contribution in [2.24, 2.45) is 0 Å². The zero-order valence-corrected chi connectivity index (χ0v) is 61.9. The second-order valence-corrected chi connectivity index (χ2v) is 25.4. The van der Waals surface area contributed by atoms with Crippen molar-refractivity contribution in [2.75, 3.05) is 26.2 Å². The molecule has 4 unspecified atom stereocenters. The van der Waals surface area contributed by atoms with E-state index in [1.54, 1.807) is 164 Å². The lowest BCUT2D eigenvalue weighted by Crippen LogP contribution is -2.40. The molecule has 0 heterocycles. The van der Waals surface area contributed by atoms with E-state index in [1.165, 1.54) is 0 Å². The van der Waals surface area contributed by atoms with Crippen LogP contribution in [0.4, 0.5) is 0 Å². The van der Waals surface area contributed by atoms with Crippen molar-refractivity contribution in [1.82, 2.24) is 21.3 Å². The van der Waals surface area contributed by atoms with Crippen LogP contribution in [0.1, 0.15) is 155 Å². The highest BCUT2D eigenvalue weighted by Crippen LogP contribution is 2.17. The van der Waals surface area contributed by atoms with Crippen molar-refractivity contribution in [3.63, 3.8) is 0 Å². The fourth-order valence-corrected chi connectivity index (χ4v) is 10.3. The molecule has 0 fully saturated rings. The van der Waals surface area contributed by atoms with Crippen molar-refractivity contribution < 1.29 is 114 Å². The maximum Gasteiger partial charge on any atom is 0.306 e. The lowest BCUT2D eigenvalue weighted by molar-refractivity contribution is -0.162. The zero-order valence-electron chi connectivity index (χ0n) is 61.9. The summed E-state index contributed by atoms with van der Waals surface area (Å²) in [6, 6.07) is 53.4. The normalized spacial score (nSPS) is 11.7. The van der Waals surface area contributed by atoms with E-state index in [-0.39, 0.29) is 149 Å². The van der Waals surface area contributed by atoms with Gasteiger partial charge in [-0.25, -0.2) is 0 Å². The highest BCUT2D eigenvalue weighted by Gasteiger charge is 2.31. The summed E-state index contributed by atoms with van der Waals surface area (Å²) in [5, 5.41) is 10.4. The number of rotatable bonds is 52. The van der Waals surface area contributed by atoms with Gasteiger partial charge in [-0.05, 0) is 65.5 Å². The number of carbonyl (C=O) groups is 14. The average Bonchev–Trinajstić information content (AvgIpc) is 0.887. The second kappa shape index (κ2) is 52.0. The molecular weight excluding hydrogens is 1440 g/mol. The fraction of sp³-hybridized carbons (Fsp3) is 0.398. The van der Waals surface area contributed by atoms with E-state index in [1.807, 2.05) is 18.2 Å². The Morgan fingerprint density at radius 3 is 0.577 bits per heavy atom. The summed E-state index contributed by atoms with van der Waals surface area (Å²) in [6.45, 7) is -0.469. The maximum absolute atomic E-state index is 14.0. The molecule has 28 nitrogen and oxygen atoms in total. The number of benzene rings is 6. The van der Waals surface area contributed by atoms with Crippen molar-refractivity contribution in [1.29, 1.82) is 0 Å². The Balaban J connectivity index is 1.08. The lowest BCUT2D eigenvalue weighted by atomic mass is 10.1. The van der Waals surface area contributed by atoms with Gasteiger partial charge in [0.05, 0.1) is 0 Å². The Labute approximate surface area is 643 Å². The summed E-state index contributed by atoms with van der Waals surface area (Å²) < 4.78 is 54.4. The number of hydrogen-bond donors (Lipinski definition) is 4. The van der Waals surface area contributed by atoms with Gasteiger partial charge in [0, 0.05) is 116 Å². The smallest absolute Gasteiger partial charge is 0.306 e. The van der Waals surface area contributed by atoms with Crippen molar-refractivity contribution in [2.45, 2.75) is 186 Å². The molecule has 4 amide bonds. The van der Waals surface area contributed by atoms with Gasteiger partial charge in [0.25, 0.3) is 23.6 Å². The third-order valence-corrected chi connectivity index (χ3v) is 16.4. The van der Waals surface area contributed by atoms with Crippen molar-refractivity contribution in [3.05, 3.63) is 215 Å². The van der Waals surface area contributed by atoms with Gasteiger partial charge in [-0.3, -0.25) is 67.1 Å². The van der Waals surface area contributed by atoms with Gasteiger partial charge in [-0.15, -0.1) is 0 Å². The third-order valence-electron chi connectivity index (χ3n) is 16.4. The predicted molar refractivity (Wildman–Crippen MR) is 397 cm³/mol. The molecule has 0 spiro atoms. The Bertz CT molecular complexity index is 3890. The Morgan fingerprint density at radius 1 is 0.207 bits per heavy atom. The molecule has 592 valence electrons. The second-order valence-electron chi connectivity index (χ2n) is 25.4. The molecule has 111 heavy (non-hydrogen) atoms. The monoisotopic (exact) mass is 1530 g/mol. The van der Waals surface area contributed by atoms with Crippen LogP contribution in [0.2, 0.25) is 0 Å². The van der Waals surface area contributed by atoms with Crippen molar-refractivity contribution in [3.8, 4) is 0 Å². The summed E-state index contributed by atoms with van der Waals surface area (Å²) in [7, 11) is 0. The van der Waals surface area contributed by atoms with Crippen molar-refractivity contribution >= 4 is 83.3 Å². The van der Waals surface area contributed by atoms with Gasteiger partial charge in [0.2, 0.25) is 0 Å². The number of esters is 10. The summed E-state index contributed by atoms with van der Waals surface area (Å²) >= 11 is 0. The predicted octanol–water partition coefficient (Wildman–Crippen LogP) is 8.97. The van der Waals surface area contributed by atoms with Crippen LogP contribution in [-0.2, 0) is 154 Å². The molecule has 0 aliphatic rings. The third kappa shape index (κ3) is 39.0. The van der Waals surface area contributed by atoms with Crippen LogP contribution in [0, 0.1) is 0 Å². The molecule has 0 radical (unpaired) electrons. The molecule has 0 aliphatic heterocycles. The largest absolute Gasteiger partial charge is 0.461 e. The minimum atomic E-state index is -1.77. The molecule has 0 aromatic heterocycles. The molecule has 6 aromatic rings. The molecule has 0 aliphatic carbocycles. The first kappa shape index (κ1) is 87.8. The Kier molecular flexibility index (Phi) is 41.2. The van der Waals surface area contributed by atoms with Crippen LogP contribution < -0.4 is 21.3 Å². The first-order valence-electron chi connectivity index (χ1n) is 36.9. The summed E-state index contributed by atoms with van der Waals surface area (Å²) in [5.41, 5.74) is 4.44. The van der Waals surface area contributed by atoms with Crippen LogP contribution in [-0.4, -0.2) is 134 Å². The van der Waals surface area contributed by atoms with Gasteiger partial charge in [-0.2, -0.15) is 0 Å². The highest BCUT2D eigenvalue weighted by atomic mass is 16.6. The SMILES string of the molecule is O=C(CCCNC(=O)C(CCC(=O)OCc1ccccc1)OC(=O)CCCNC(=O)C(CCC(=O)OC(CCC(=O)OCc1ccccc1)C(=O)NCCCC(=O)OCc1ccccc1)OC(=O)CCCC(=O)OC(CCC(=O)OCc1ccccc1)C(=O)NCCCC(=O)OCc1ccccc1)OCc1ccccc1. The van der Waals surface area contributed by atoms with Crippen LogP contribution in [0.15, 0.2) is 182 Å². The van der Waals surface area contributed by atoms with Gasteiger partial charge in [0.15, 0.2) is 24.4 Å². The highest BCUT2D eigenvalue weighted by molar-refractivity contribution is 5.88. The molecule has 4 atom stereocenters. The number of hydrogen-bond acceptors (Lipinski definition) is 24. The first-order chi connectivity index (χ1) is 53.8. The zero-order chi connectivity index (χ0) is 79.5. The molecule has 0 bridgehead atoms. The molecule has 28 heteroatoms. The van der Waals surface area contributed by atoms with Crippen LogP contribution in [0.25, 0.3) is 0 Å². The number of nitrogens with one attached hydrogen (secondary N) is 4. The number of ether oxygens (including phenoxy) is 10. The summed E-state index contributed by atoms with van der Waals surface area (Å²) in [6.07, 6.45) is -11.3. The lowest BCUT2D eigenvalue weighted by Gasteiger charge is -2.20. The Hall–Kier alpha value is -12.1. The Morgan fingerprint density at radius 2 is 0.369 bits per heavy atom. The van der Waals surface area contributed by atoms with Gasteiger partial charge in [0.1, 0.15) is 39.6 Å². The maximum atomic E-state index is 14.0. The molecular formula is C83H96N4O24. The van der Waals surface area contributed by atoms with E-state index >= 15 is 0 Å². The quantitative estimate of drug-likeness (QED) is 0.0157. The standard InChI is InChI=1S/C83H96N4O24/c88-70(102-54-60-24-7-1-8-25-60)38-20-50-84-80(98)66(42-46-73(91)105-57-63-30-13-4-14-31-63)108-76(94)36-19-37-77(95)109-69(45-49-79(97)111-68(44-48-75(93)107-59-65-34-17-6-18-35-65)82(100)86-52-22-40-72(90)104-56-62-28-11-3-12-29-62)83(101)87-53-23-41-78(96)110-67(43-47-74(92)106-58-64-32-15-5-16-33-64)81(99)85-51-21-39-71(89)103-55-61-26-9-2-10-27-61/h1-18,24-35,66-69H,19-23,36-59H2,(H,84,98)(H,85,99)(H,86,100)(H,87,101). The average molecular weight is 1530 g/mol. The van der Waals surface area contributed by atoms with E-state index in [4.69, 9.17) is 47.4 Å².